The molecule has 0 unspecified atom stereocenters. The van der Waals surface area contributed by atoms with E-state index in [1.165, 1.54) is 41.2 Å². The second-order valence-electron chi connectivity index (χ2n) is 7.95. The number of aryl methyl sites for hydroxylation is 1. The van der Waals surface area contributed by atoms with Crippen molar-refractivity contribution in [3.8, 4) is 0 Å². The molecule has 2 heterocycles. The van der Waals surface area contributed by atoms with Crippen LogP contribution in [-0.2, 0) is 18.4 Å². The third-order valence-electron chi connectivity index (χ3n) is 6.32. The van der Waals surface area contributed by atoms with Gasteiger partial charge in [0.05, 0.1) is 11.0 Å². The van der Waals surface area contributed by atoms with Crippen molar-refractivity contribution in [2.24, 2.45) is 7.05 Å². The maximum atomic E-state index is 12.9. The van der Waals surface area contributed by atoms with Gasteiger partial charge in [0.2, 0.25) is 5.91 Å². The number of amides is 1. The number of aromatic nitrogens is 2. The Labute approximate surface area is 164 Å². The van der Waals surface area contributed by atoms with E-state index in [0.717, 1.165) is 13.1 Å². The molecular weight excluding hydrogens is 356 g/mol. The van der Waals surface area contributed by atoms with Crippen LogP contribution in [0.15, 0.2) is 33.9 Å². The highest BCUT2D eigenvalue weighted by Crippen LogP contribution is 2.23. The van der Waals surface area contributed by atoms with Gasteiger partial charge in [0.25, 0.3) is 0 Å². The summed E-state index contributed by atoms with van der Waals surface area (Å²) >= 11 is 0. The molecule has 1 saturated carbocycles. The van der Waals surface area contributed by atoms with Crippen LogP contribution in [0, 0.1) is 0 Å². The number of carbonyl (C=O) groups excluding carboxylic acids is 1. The lowest BCUT2D eigenvalue weighted by atomic mass is 9.94. The number of hydrogen-bond donors (Lipinski definition) is 0. The largest absolute Gasteiger partial charge is 0.339 e. The molecule has 0 N–H and O–H groups in total. The van der Waals surface area contributed by atoms with Crippen LogP contribution in [0.5, 0.6) is 0 Å². The van der Waals surface area contributed by atoms with Gasteiger partial charge in [0.15, 0.2) is 0 Å². The van der Waals surface area contributed by atoms with E-state index in [1.54, 1.807) is 19.2 Å². The van der Waals surface area contributed by atoms with E-state index in [-0.39, 0.29) is 12.5 Å². The molecule has 7 nitrogen and oxygen atoms in total. The van der Waals surface area contributed by atoms with Crippen LogP contribution >= 0.6 is 0 Å². The quantitative estimate of drug-likeness (QED) is 0.746. The van der Waals surface area contributed by atoms with Crippen molar-refractivity contribution in [1.82, 2.24) is 18.9 Å². The zero-order valence-corrected chi connectivity index (χ0v) is 16.5. The highest BCUT2D eigenvalue weighted by molar-refractivity contribution is 5.80. The average molecular weight is 384 g/mol. The second-order valence-corrected chi connectivity index (χ2v) is 7.95. The van der Waals surface area contributed by atoms with Crippen LogP contribution in [0.1, 0.15) is 32.1 Å². The molecule has 0 radical (unpaired) electrons. The third kappa shape index (κ3) is 3.51. The van der Waals surface area contributed by atoms with Crippen molar-refractivity contribution in [3.63, 3.8) is 0 Å². The minimum atomic E-state index is -0.643. The molecule has 1 aromatic carbocycles. The molecule has 1 saturated heterocycles. The first-order valence-electron chi connectivity index (χ1n) is 10.3. The number of carbonyl (C=O) groups is 1. The van der Waals surface area contributed by atoms with Crippen molar-refractivity contribution >= 4 is 16.9 Å². The normalized spacial score (nSPS) is 19.2. The Kier molecular flexibility index (Phi) is 5.35. The zero-order chi connectivity index (χ0) is 19.7. The Morgan fingerprint density at radius 1 is 0.929 bits per heavy atom. The van der Waals surface area contributed by atoms with E-state index >= 15 is 0 Å². The van der Waals surface area contributed by atoms with E-state index in [4.69, 9.17) is 0 Å². The summed E-state index contributed by atoms with van der Waals surface area (Å²) < 4.78 is 2.68. The molecule has 1 aliphatic carbocycles. The summed E-state index contributed by atoms with van der Waals surface area (Å²) in [5.74, 6) is -0.0937. The lowest BCUT2D eigenvalue weighted by Crippen LogP contribution is -2.53. The number of nitrogens with zero attached hydrogens (tertiary/aromatic N) is 4. The summed E-state index contributed by atoms with van der Waals surface area (Å²) in [6, 6.07) is 7.87. The van der Waals surface area contributed by atoms with Crippen LogP contribution in [-0.4, -0.2) is 57.1 Å². The van der Waals surface area contributed by atoms with Crippen molar-refractivity contribution in [1.29, 1.82) is 0 Å². The van der Waals surface area contributed by atoms with Crippen LogP contribution in [0.4, 0.5) is 0 Å². The second kappa shape index (κ2) is 7.91. The summed E-state index contributed by atoms with van der Waals surface area (Å²) in [6.07, 6.45) is 6.49. The molecule has 1 amide bonds. The molecule has 28 heavy (non-hydrogen) atoms. The molecule has 2 aliphatic rings. The lowest BCUT2D eigenvalue weighted by Gasteiger charge is -2.40. The molecule has 4 rings (SSSR count). The fraction of sp³-hybridized carbons (Fsp3) is 0.571. The van der Waals surface area contributed by atoms with Gasteiger partial charge in [-0.3, -0.25) is 23.9 Å². The smallest absolute Gasteiger partial charge is 0.317 e. The van der Waals surface area contributed by atoms with Crippen LogP contribution < -0.4 is 11.1 Å². The molecule has 1 aliphatic heterocycles. The third-order valence-corrected chi connectivity index (χ3v) is 6.32. The first-order valence-corrected chi connectivity index (χ1v) is 10.3. The number of piperazine rings is 1. The Balaban J connectivity index is 1.49. The van der Waals surface area contributed by atoms with Gasteiger partial charge in [-0.2, -0.15) is 0 Å². The maximum absolute atomic E-state index is 12.9. The van der Waals surface area contributed by atoms with Gasteiger partial charge in [-0.1, -0.05) is 31.4 Å². The number of para-hydroxylation sites is 2. The molecule has 7 heteroatoms. The monoisotopic (exact) mass is 384 g/mol. The van der Waals surface area contributed by atoms with E-state index in [2.05, 4.69) is 4.90 Å². The lowest BCUT2D eigenvalue weighted by molar-refractivity contribution is -0.134. The van der Waals surface area contributed by atoms with Gasteiger partial charge in [-0.15, -0.1) is 0 Å². The molecule has 0 bridgehead atoms. The topological polar surface area (TPSA) is 67.5 Å². The highest BCUT2D eigenvalue weighted by atomic mass is 16.2. The van der Waals surface area contributed by atoms with E-state index in [9.17, 15) is 14.4 Å². The number of benzene rings is 1. The summed E-state index contributed by atoms with van der Waals surface area (Å²) in [4.78, 5) is 42.0. The van der Waals surface area contributed by atoms with Crippen molar-refractivity contribution < 1.29 is 4.79 Å². The maximum Gasteiger partial charge on any atom is 0.317 e. The van der Waals surface area contributed by atoms with E-state index in [0.29, 0.717) is 30.2 Å². The van der Waals surface area contributed by atoms with Gasteiger partial charge < -0.3 is 9.47 Å². The molecule has 0 spiro atoms. The Hall–Kier alpha value is -2.41. The fourth-order valence-corrected chi connectivity index (χ4v) is 4.63. The summed E-state index contributed by atoms with van der Waals surface area (Å²) in [7, 11) is 1.59. The minimum absolute atomic E-state index is 0.0845. The summed E-state index contributed by atoms with van der Waals surface area (Å²) in [6.45, 7) is 3.07. The van der Waals surface area contributed by atoms with Crippen molar-refractivity contribution in [3.05, 3.63) is 45.0 Å². The van der Waals surface area contributed by atoms with Gasteiger partial charge in [0, 0.05) is 39.3 Å². The molecular formula is C21H28N4O3. The molecule has 2 aromatic rings. The van der Waals surface area contributed by atoms with Crippen LogP contribution in [0.2, 0.25) is 0 Å². The fourth-order valence-electron chi connectivity index (χ4n) is 4.63. The molecule has 2 fully saturated rings. The van der Waals surface area contributed by atoms with Crippen molar-refractivity contribution in [2.45, 2.75) is 44.7 Å². The standard InChI is InChI=1S/C21H28N4O3/c1-22-17-9-5-6-10-18(17)25(21(28)20(22)27)15-19(26)24-13-11-23(12-14-24)16-7-3-2-4-8-16/h5-6,9-10,16H,2-4,7-8,11-15H2,1H3. The zero-order valence-electron chi connectivity index (χ0n) is 16.5. The van der Waals surface area contributed by atoms with E-state index in [1.807, 2.05) is 17.0 Å². The average Bonchev–Trinajstić information content (AvgIpc) is 2.76. The molecule has 150 valence electrons. The predicted molar refractivity (Wildman–Crippen MR) is 108 cm³/mol. The minimum Gasteiger partial charge on any atom is -0.339 e. The number of rotatable bonds is 3. The predicted octanol–water partition coefficient (Wildman–Crippen LogP) is 1.18. The Morgan fingerprint density at radius 2 is 1.57 bits per heavy atom. The van der Waals surface area contributed by atoms with Gasteiger partial charge in [-0.05, 0) is 25.0 Å². The molecule has 0 atom stereocenters. The summed E-state index contributed by atoms with van der Waals surface area (Å²) in [5, 5.41) is 0. The van der Waals surface area contributed by atoms with Crippen LogP contribution in [0.3, 0.4) is 0 Å². The van der Waals surface area contributed by atoms with Gasteiger partial charge in [0.1, 0.15) is 6.54 Å². The Bertz CT molecular complexity index is 979. The SMILES string of the molecule is Cn1c(=O)c(=O)n(CC(=O)N2CCN(C3CCCCC3)CC2)c2ccccc21. The van der Waals surface area contributed by atoms with Gasteiger partial charge >= 0.3 is 11.1 Å². The first-order chi connectivity index (χ1) is 13.6. The van der Waals surface area contributed by atoms with Crippen LogP contribution in [0.25, 0.3) is 11.0 Å². The summed E-state index contributed by atoms with van der Waals surface area (Å²) in [5.41, 5.74) is 0.0230. The Morgan fingerprint density at radius 3 is 2.25 bits per heavy atom. The molecule has 1 aromatic heterocycles. The van der Waals surface area contributed by atoms with Gasteiger partial charge in [-0.25, -0.2) is 0 Å². The van der Waals surface area contributed by atoms with E-state index < -0.39 is 11.1 Å². The van der Waals surface area contributed by atoms with Crippen molar-refractivity contribution in [2.75, 3.05) is 26.2 Å². The highest BCUT2D eigenvalue weighted by Gasteiger charge is 2.27. The first kappa shape index (κ1) is 18.9. The number of fused-ring (bicyclic) bond motifs is 1. The number of hydrogen-bond acceptors (Lipinski definition) is 4.